The summed E-state index contributed by atoms with van der Waals surface area (Å²) in [5, 5.41) is 6.83. The molecule has 0 aliphatic heterocycles. The summed E-state index contributed by atoms with van der Waals surface area (Å²) in [4.78, 5) is 27.7. The van der Waals surface area contributed by atoms with E-state index in [2.05, 4.69) is 64.4 Å². The maximum absolute atomic E-state index is 13.9. The second-order valence-corrected chi connectivity index (χ2v) is 15.4. The summed E-state index contributed by atoms with van der Waals surface area (Å²) < 4.78 is 4.54. The molecule has 60 heavy (non-hydrogen) atoms. The lowest BCUT2D eigenvalue weighted by molar-refractivity contribution is -0.369. The molecule has 0 unspecified atom stereocenters. The number of carbonyl (C=O) groups excluding carboxylic acids is 2. The minimum Gasteiger partial charge on any atom is -0.385 e. The molecule has 0 atom stereocenters. The van der Waals surface area contributed by atoms with E-state index in [4.69, 9.17) is 22.9 Å². The zero-order valence-corrected chi connectivity index (χ0v) is 38.0. The summed E-state index contributed by atoms with van der Waals surface area (Å²) >= 11 is 0. The number of rotatable bonds is 25. The van der Waals surface area contributed by atoms with Crippen molar-refractivity contribution in [3.8, 4) is 23.7 Å². The van der Waals surface area contributed by atoms with Crippen molar-refractivity contribution in [3.63, 3.8) is 0 Å². The van der Waals surface area contributed by atoms with Crippen LogP contribution < -0.4 is 45.0 Å². The van der Waals surface area contributed by atoms with Crippen LogP contribution in [0.2, 0.25) is 0 Å². The van der Waals surface area contributed by atoms with Gasteiger partial charge in [-0.05, 0) is 171 Å². The number of ether oxygens (including phenoxy) is 1. The third-order valence-electron chi connectivity index (χ3n) is 10.1. The van der Waals surface area contributed by atoms with Gasteiger partial charge in [0.05, 0.1) is 25.9 Å². The van der Waals surface area contributed by atoms with Crippen molar-refractivity contribution in [2.45, 2.75) is 149 Å². The number of nitrogens with two attached hydrogens (primary N) is 4. The molecular formula is C49H88N8O3+2. The van der Waals surface area contributed by atoms with E-state index >= 15 is 0 Å². The molecular weight excluding hydrogens is 749 g/mol. The smallest absolute Gasteiger partial charge is 0.224 e. The van der Waals surface area contributed by atoms with E-state index in [9.17, 15) is 9.59 Å². The molecule has 0 spiro atoms. The number of quaternary nitrogens is 2. The van der Waals surface area contributed by atoms with Gasteiger partial charge in [0.2, 0.25) is 11.8 Å². The Morgan fingerprint density at radius 1 is 0.650 bits per heavy atom. The second-order valence-electron chi connectivity index (χ2n) is 15.4. The van der Waals surface area contributed by atoms with Gasteiger partial charge in [-0.15, -0.1) is 5.92 Å². The van der Waals surface area contributed by atoms with Gasteiger partial charge in [0.15, 0.2) is 0 Å². The molecule has 0 aromatic heterocycles. The lowest BCUT2D eigenvalue weighted by Crippen LogP contribution is -2.54. The third kappa shape index (κ3) is 24.5. The van der Waals surface area contributed by atoms with Crippen molar-refractivity contribution < 1.29 is 25.8 Å². The Morgan fingerprint density at radius 3 is 1.37 bits per heavy atom. The SMILES string of the molecule is C.CC#Cc1ccc(C#Cc2cc(CC(=O)NC(CCCN)(CCCN)CCC[NH3+])c(C)cc2CC(=O)NC(CCCN)(CCCN)CCC[NH3+])cc1.CCC.CCOC. The number of hydrogen-bond donors (Lipinski definition) is 8. The Morgan fingerprint density at radius 2 is 1.02 bits per heavy atom. The van der Waals surface area contributed by atoms with Crippen molar-refractivity contribution in [2.75, 3.05) is 53.0 Å². The fraction of sp³-hybridized carbons (Fsp3) is 0.633. The topological polar surface area (TPSA) is 227 Å². The van der Waals surface area contributed by atoms with E-state index in [1.165, 1.54) is 6.42 Å². The standard InChI is InChI=1S/C42H66N8O2.C3H8O.C3H8.CH4/c1-3-10-34-11-13-35(14-12-34)15-16-36-30-37(31-39(51)49-41(17-4-23-43,18-5-24-44)19-6-25-45)33(2)29-38(36)32-40(52)50-42(20-7-26-46,21-8-27-47)22-9-28-48;1-3-4-2;1-3-2;/h11-14,29-30H,4-9,17-28,31-32,43-48H2,1-2H3,(H,49,51)(H,50,52);3H2,1-2H3;3H2,1-2H3;1H4/p+2. The maximum Gasteiger partial charge on any atom is 0.224 e. The number of benzene rings is 2. The molecule has 0 heterocycles. The van der Waals surface area contributed by atoms with Gasteiger partial charge in [0.25, 0.3) is 0 Å². The van der Waals surface area contributed by atoms with Crippen LogP contribution in [0, 0.1) is 30.6 Å². The van der Waals surface area contributed by atoms with Crippen molar-refractivity contribution in [2.24, 2.45) is 22.9 Å². The molecule has 0 fully saturated rings. The first-order chi connectivity index (χ1) is 28.4. The summed E-state index contributed by atoms with van der Waals surface area (Å²) in [5.41, 5.74) is 36.1. The van der Waals surface area contributed by atoms with Crippen LogP contribution in [0.5, 0.6) is 0 Å². The van der Waals surface area contributed by atoms with E-state index in [1.807, 2.05) is 57.2 Å². The molecule has 0 saturated carbocycles. The largest absolute Gasteiger partial charge is 0.385 e. The van der Waals surface area contributed by atoms with E-state index in [1.54, 1.807) is 7.11 Å². The zero-order valence-electron chi connectivity index (χ0n) is 38.0. The van der Waals surface area contributed by atoms with Gasteiger partial charge in [0.1, 0.15) is 0 Å². The molecule has 2 rings (SSSR count). The third-order valence-corrected chi connectivity index (χ3v) is 10.1. The zero-order chi connectivity index (χ0) is 44.4. The maximum atomic E-state index is 13.9. The predicted octanol–water partition coefficient (Wildman–Crippen LogP) is 4.27. The molecule has 2 amide bonds. The molecule has 0 aliphatic rings. The number of amides is 2. The Balaban J connectivity index is 0. The first kappa shape index (κ1) is 58.3. The molecule has 11 nitrogen and oxygen atoms in total. The van der Waals surface area contributed by atoms with Gasteiger partial charge >= 0.3 is 0 Å². The van der Waals surface area contributed by atoms with E-state index in [0.717, 1.165) is 130 Å². The highest BCUT2D eigenvalue weighted by molar-refractivity contribution is 5.82. The minimum atomic E-state index is -0.385. The summed E-state index contributed by atoms with van der Waals surface area (Å²) in [6.45, 7) is 14.7. The summed E-state index contributed by atoms with van der Waals surface area (Å²) in [5.74, 6) is 12.5. The minimum absolute atomic E-state index is 0. The predicted molar refractivity (Wildman–Crippen MR) is 253 cm³/mol. The summed E-state index contributed by atoms with van der Waals surface area (Å²) in [7, 11) is 1.68. The normalized spacial score (nSPS) is 10.6. The van der Waals surface area contributed by atoms with Crippen LogP contribution in [0.1, 0.15) is 152 Å². The molecule has 0 aliphatic carbocycles. The van der Waals surface area contributed by atoms with E-state index in [-0.39, 0.29) is 43.2 Å². The Hall–Kier alpha value is -3.78. The van der Waals surface area contributed by atoms with Crippen molar-refractivity contribution in [3.05, 3.63) is 69.8 Å². The molecule has 0 saturated heterocycles. The molecule has 0 bridgehead atoms. The van der Waals surface area contributed by atoms with Gasteiger partial charge in [-0.3, -0.25) is 9.59 Å². The van der Waals surface area contributed by atoms with Gasteiger partial charge in [-0.25, -0.2) is 0 Å². The lowest BCUT2D eigenvalue weighted by Gasteiger charge is -2.35. The van der Waals surface area contributed by atoms with Crippen LogP contribution in [0.15, 0.2) is 36.4 Å². The number of nitrogens with one attached hydrogen (secondary N) is 2. The average Bonchev–Trinajstić information content (AvgIpc) is 3.23. The highest BCUT2D eigenvalue weighted by Gasteiger charge is 2.32. The molecule has 340 valence electrons. The molecule has 11 heteroatoms. The van der Waals surface area contributed by atoms with Crippen LogP contribution in [0.25, 0.3) is 0 Å². The highest BCUT2D eigenvalue weighted by atomic mass is 16.5. The van der Waals surface area contributed by atoms with E-state index in [0.29, 0.717) is 26.2 Å². The van der Waals surface area contributed by atoms with Crippen LogP contribution in [0.4, 0.5) is 0 Å². The molecule has 0 radical (unpaired) electrons. The van der Waals surface area contributed by atoms with Crippen molar-refractivity contribution in [1.82, 2.24) is 10.6 Å². The van der Waals surface area contributed by atoms with Gasteiger partial charge in [-0.2, -0.15) is 0 Å². The molecule has 2 aromatic rings. The Labute approximate surface area is 366 Å². The van der Waals surface area contributed by atoms with Crippen LogP contribution in [0.3, 0.4) is 0 Å². The number of carbonyl (C=O) groups is 2. The highest BCUT2D eigenvalue weighted by Crippen LogP contribution is 2.28. The molecule has 16 N–H and O–H groups in total. The first-order valence-electron chi connectivity index (χ1n) is 22.1. The number of methoxy groups -OCH3 is 1. The van der Waals surface area contributed by atoms with E-state index < -0.39 is 0 Å². The van der Waals surface area contributed by atoms with Crippen LogP contribution in [-0.2, 0) is 27.2 Å². The Kier molecular flexibility index (Phi) is 34.9. The van der Waals surface area contributed by atoms with Crippen molar-refractivity contribution in [1.29, 1.82) is 0 Å². The lowest BCUT2D eigenvalue weighted by atomic mass is 9.83. The average molecular weight is 837 g/mol. The van der Waals surface area contributed by atoms with Gasteiger partial charge < -0.3 is 49.8 Å². The second kappa shape index (κ2) is 35.9. The van der Waals surface area contributed by atoms with Gasteiger partial charge in [-0.1, -0.05) is 51.5 Å². The summed E-state index contributed by atoms with van der Waals surface area (Å²) in [6, 6.07) is 11.8. The number of aryl methyl sites for hydroxylation is 1. The van der Waals surface area contributed by atoms with Crippen LogP contribution in [-0.4, -0.2) is 75.9 Å². The first-order valence-corrected chi connectivity index (χ1v) is 22.1. The quantitative estimate of drug-likeness (QED) is 0.0678. The Bertz CT molecular complexity index is 1510. The molecule has 2 aromatic carbocycles. The van der Waals surface area contributed by atoms with Gasteiger partial charge in [0, 0.05) is 41.5 Å². The fourth-order valence-electron chi connectivity index (χ4n) is 7.03. The number of hydrogen-bond acceptors (Lipinski definition) is 7. The van der Waals surface area contributed by atoms with Crippen molar-refractivity contribution >= 4 is 11.8 Å². The summed E-state index contributed by atoms with van der Waals surface area (Å²) in [6.07, 6.45) is 11.5. The van der Waals surface area contributed by atoms with Crippen LogP contribution >= 0.6 is 0 Å². The monoisotopic (exact) mass is 837 g/mol. The fourth-order valence-corrected chi connectivity index (χ4v) is 7.03.